The molecule has 0 bridgehead atoms. The molecule has 1 N–H and O–H groups in total. The van der Waals surface area contributed by atoms with E-state index in [1.54, 1.807) is 6.07 Å². The lowest BCUT2D eigenvalue weighted by molar-refractivity contribution is -0.137. The van der Waals surface area contributed by atoms with E-state index in [4.69, 9.17) is 11.6 Å². The van der Waals surface area contributed by atoms with E-state index in [2.05, 4.69) is 5.32 Å². The number of benzene rings is 1. The smallest absolute Gasteiger partial charge is 0.313 e. The number of halogens is 4. The van der Waals surface area contributed by atoms with Gasteiger partial charge in [-0.05, 0) is 31.0 Å². The van der Waals surface area contributed by atoms with Crippen molar-refractivity contribution in [3.63, 3.8) is 0 Å². The van der Waals surface area contributed by atoms with Gasteiger partial charge in [-0.3, -0.25) is 0 Å². The first-order valence-electron chi connectivity index (χ1n) is 5.97. The van der Waals surface area contributed by atoms with Crippen LogP contribution in [0.4, 0.5) is 13.2 Å². The quantitative estimate of drug-likeness (QED) is 0.582. The molecule has 1 rings (SSSR count). The van der Waals surface area contributed by atoms with Crippen LogP contribution in [0, 0.1) is 0 Å². The Morgan fingerprint density at radius 3 is 2.56 bits per heavy atom. The predicted molar refractivity (Wildman–Crippen MR) is 67.7 cm³/mol. The molecule has 0 saturated heterocycles. The van der Waals surface area contributed by atoms with Gasteiger partial charge in [0.05, 0.1) is 5.56 Å². The summed E-state index contributed by atoms with van der Waals surface area (Å²) >= 11 is 5.54. The van der Waals surface area contributed by atoms with Crippen LogP contribution >= 0.6 is 11.6 Å². The molecule has 0 aliphatic heterocycles. The maximum absolute atomic E-state index is 12.5. The largest absolute Gasteiger partial charge is 0.416 e. The minimum Gasteiger partial charge on any atom is -0.313 e. The van der Waals surface area contributed by atoms with E-state index in [0.717, 1.165) is 31.9 Å². The minimum absolute atomic E-state index is 0.463. The van der Waals surface area contributed by atoms with Crippen LogP contribution in [0.5, 0.6) is 0 Å². The summed E-state index contributed by atoms with van der Waals surface area (Å²) in [6.45, 7) is 1.26. The molecular weight excluding hydrogens is 263 g/mol. The van der Waals surface area contributed by atoms with Crippen molar-refractivity contribution in [2.45, 2.75) is 32.0 Å². The topological polar surface area (TPSA) is 12.0 Å². The molecular formula is C13H17ClF3N. The Labute approximate surface area is 110 Å². The monoisotopic (exact) mass is 279 g/mol. The first-order chi connectivity index (χ1) is 8.54. The highest BCUT2D eigenvalue weighted by atomic mass is 35.5. The lowest BCUT2D eigenvalue weighted by Gasteiger charge is -2.09. The van der Waals surface area contributed by atoms with E-state index in [9.17, 15) is 13.2 Å². The zero-order chi connectivity index (χ0) is 13.4. The molecule has 18 heavy (non-hydrogen) atoms. The predicted octanol–water partition coefficient (Wildman–Crippen LogP) is 4.20. The lowest BCUT2D eigenvalue weighted by atomic mass is 10.1. The molecule has 0 spiro atoms. The summed E-state index contributed by atoms with van der Waals surface area (Å²) in [5, 5.41) is 3.13. The average molecular weight is 280 g/mol. The molecule has 5 heteroatoms. The molecule has 0 saturated carbocycles. The first-order valence-corrected chi connectivity index (χ1v) is 6.50. The van der Waals surface area contributed by atoms with Crippen LogP contribution in [0.3, 0.4) is 0 Å². The zero-order valence-electron chi connectivity index (χ0n) is 10.1. The molecule has 0 aliphatic rings. The molecule has 0 fully saturated rings. The van der Waals surface area contributed by atoms with Gasteiger partial charge in [0, 0.05) is 12.4 Å². The summed E-state index contributed by atoms with van der Waals surface area (Å²) in [6, 6.07) is 5.41. The molecule has 0 aromatic heterocycles. The minimum atomic E-state index is -4.27. The number of unbranched alkanes of at least 4 members (excludes halogenated alkanes) is 2. The van der Waals surface area contributed by atoms with Gasteiger partial charge in [-0.1, -0.05) is 24.6 Å². The van der Waals surface area contributed by atoms with E-state index in [1.165, 1.54) is 12.1 Å². The van der Waals surface area contributed by atoms with Gasteiger partial charge >= 0.3 is 6.18 Å². The second-order valence-electron chi connectivity index (χ2n) is 4.12. The lowest BCUT2D eigenvalue weighted by Crippen LogP contribution is -2.15. The second-order valence-corrected chi connectivity index (χ2v) is 4.50. The number of alkyl halides is 4. The highest BCUT2D eigenvalue weighted by Crippen LogP contribution is 2.29. The van der Waals surface area contributed by atoms with Gasteiger partial charge in [-0.25, -0.2) is 0 Å². The Morgan fingerprint density at radius 2 is 1.89 bits per heavy atom. The average Bonchev–Trinajstić information content (AvgIpc) is 2.33. The van der Waals surface area contributed by atoms with Crippen molar-refractivity contribution in [1.29, 1.82) is 0 Å². The van der Waals surface area contributed by atoms with Crippen molar-refractivity contribution in [2.24, 2.45) is 0 Å². The summed E-state index contributed by atoms with van der Waals surface area (Å²) in [5.74, 6) is 0.660. The van der Waals surface area contributed by atoms with Crippen molar-refractivity contribution in [2.75, 3.05) is 12.4 Å². The normalized spacial score (nSPS) is 11.8. The molecule has 0 radical (unpaired) electrons. The molecule has 0 aliphatic carbocycles. The summed E-state index contributed by atoms with van der Waals surface area (Å²) in [5.41, 5.74) is 0.0612. The Balaban J connectivity index is 2.34. The molecule has 1 aromatic rings. The maximum atomic E-state index is 12.5. The van der Waals surface area contributed by atoms with Gasteiger partial charge in [0.2, 0.25) is 0 Å². The molecule has 0 unspecified atom stereocenters. The van der Waals surface area contributed by atoms with E-state index in [-0.39, 0.29) is 0 Å². The Hall–Kier alpha value is -0.740. The van der Waals surface area contributed by atoms with Crippen LogP contribution in [0.25, 0.3) is 0 Å². The SMILES string of the molecule is FC(F)(F)c1cccc(CNCCCCCCl)c1. The fourth-order valence-corrected chi connectivity index (χ4v) is 1.80. The van der Waals surface area contributed by atoms with E-state index in [0.29, 0.717) is 18.0 Å². The van der Waals surface area contributed by atoms with Crippen LogP contribution in [0.1, 0.15) is 30.4 Å². The first kappa shape index (κ1) is 15.3. The van der Waals surface area contributed by atoms with Gasteiger partial charge in [-0.2, -0.15) is 13.2 Å². The summed E-state index contributed by atoms with van der Waals surface area (Å²) < 4.78 is 37.4. The zero-order valence-corrected chi connectivity index (χ0v) is 10.8. The second kappa shape index (κ2) is 7.64. The number of hydrogen-bond acceptors (Lipinski definition) is 1. The number of rotatable bonds is 7. The fourth-order valence-electron chi connectivity index (χ4n) is 1.61. The van der Waals surface area contributed by atoms with E-state index in [1.807, 2.05) is 0 Å². The van der Waals surface area contributed by atoms with Crippen molar-refractivity contribution in [3.8, 4) is 0 Å². The van der Waals surface area contributed by atoms with Gasteiger partial charge in [0.1, 0.15) is 0 Å². The van der Waals surface area contributed by atoms with Crippen LogP contribution in [-0.2, 0) is 12.7 Å². The van der Waals surface area contributed by atoms with Gasteiger partial charge in [0.15, 0.2) is 0 Å². The summed E-state index contributed by atoms with van der Waals surface area (Å²) in [4.78, 5) is 0. The maximum Gasteiger partial charge on any atom is 0.416 e. The van der Waals surface area contributed by atoms with Gasteiger partial charge in [0.25, 0.3) is 0 Å². The van der Waals surface area contributed by atoms with E-state index >= 15 is 0 Å². The van der Waals surface area contributed by atoms with Gasteiger partial charge < -0.3 is 5.32 Å². The van der Waals surface area contributed by atoms with E-state index < -0.39 is 11.7 Å². The Bertz CT molecular complexity index is 352. The van der Waals surface area contributed by atoms with Gasteiger partial charge in [-0.15, -0.1) is 11.6 Å². The molecule has 0 heterocycles. The van der Waals surface area contributed by atoms with Crippen LogP contribution in [0.2, 0.25) is 0 Å². The third-order valence-corrected chi connectivity index (χ3v) is 2.84. The molecule has 0 atom stereocenters. The van der Waals surface area contributed by atoms with Crippen molar-refractivity contribution >= 4 is 11.6 Å². The van der Waals surface area contributed by atoms with Crippen LogP contribution in [0.15, 0.2) is 24.3 Å². The highest BCUT2D eigenvalue weighted by molar-refractivity contribution is 6.17. The standard InChI is InChI=1S/C13H17ClF3N/c14-7-2-1-3-8-18-10-11-5-4-6-12(9-11)13(15,16)17/h4-6,9,18H,1-3,7-8,10H2. The molecule has 1 aromatic carbocycles. The fraction of sp³-hybridized carbons (Fsp3) is 0.538. The highest BCUT2D eigenvalue weighted by Gasteiger charge is 2.30. The number of nitrogens with one attached hydrogen (secondary N) is 1. The van der Waals surface area contributed by atoms with Crippen molar-refractivity contribution in [1.82, 2.24) is 5.32 Å². The summed E-state index contributed by atoms with van der Waals surface area (Å²) in [6.07, 6.45) is -1.26. The van der Waals surface area contributed by atoms with Crippen LogP contribution in [-0.4, -0.2) is 12.4 Å². The third-order valence-electron chi connectivity index (χ3n) is 2.57. The Kier molecular flexibility index (Phi) is 6.50. The van der Waals surface area contributed by atoms with Crippen molar-refractivity contribution in [3.05, 3.63) is 35.4 Å². The summed E-state index contributed by atoms with van der Waals surface area (Å²) in [7, 11) is 0. The van der Waals surface area contributed by atoms with Crippen molar-refractivity contribution < 1.29 is 13.2 Å². The Morgan fingerprint density at radius 1 is 1.11 bits per heavy atom. The molecule has 1 nitrogen and oxygen atoms in total. The number of hydrogen-bond donors (Lipinski definition) is 1. The molecule has 0 amide bonds. The third kappa shape index (κ3) is 5.74. The van der Waals surface area contributed by atoms with Crippen LogP contribution < -0.4 is 5.32 Å². The molecule has 102 valence electrons.